The molecule has 0 amide bonds. The fourth-order valence-corrected chi connectivity index (χ4v) is 3.09. The predicted octanol–water partition coefficient (Wildman–Crippen LogP) is 1.83. The Morgan fingerprint density at radius 3 is 2.28 bits per heavy atom. The minimum Gasteiger partial charge on any atom is -0.465 e. The minimum absolute atomic E-state index is 0.0102. The monoisotopic (exact) mass is 439 g/mol. The quantitative estimate of drug-likeness (QED) is 0.404. The number of nitrogens with zero attached hydrogens (tertiary/aromatic N) is 3. The van der Waals surface area contributed by atoms with Crippen molar-refractivity contribution < 1.29 is 28.6 Å². The topological polar surface area (TPSA) is 119 Å². The average Bonchev–Trinajstić information content (AvgIpc) is 3.26. The zero-order chi connectivity index (χ0) is 23.3. The van der Waals surface area contributed by atoms with Crippen molar-refractivity contribution in [2.45, 2.75) is 13.5 Å². The Kier molecular flexibility index (Phi) is 6.83. The van der Waals surface area contributed by atoms with Crippen LogP contribution in [0.1, 0.15) is 43.7 Å². The number of carbonyl (C=O) groups is 3. The number of hydrogen-bond donors (Lipinski definition) is 0. The van der Waals surface area contributed by atoms with Gasteiger partial charge in [0.15, 0.2) is 11.5 Å². The molecule has 10 heteroatoms. The van der Waals surface area contributed by atoms with E-state index in [2.05, 4.69) is 9.72 Å². The second-order valence-electron chi connectivity index (χ2n) is 6.56. The van der Waals surface area contributed by atoms with E-state index >= 15 is 0 Å². The summed E-state index contributed by atoms with van der Waals surface area (Å²) in [6.07, 6.45) is 4.22. The summed E-state index contributed by atoms with van der Waals surface area (Å²) in [5, 5.41) is 0. The molecule has 2 heterocycles. The molecule has 0 aliphatic rings. The van der Waals surface area contributed by atoms with Crippen LogP contribution in [0.4, 0.5) is 0 Å². The van der Waals surface area contributed by atoms with E-state index in [-0.39, 0.29) is 12.4 Å². The SMILES string of the molecule is CCOC(=O)c1cn(-c2cn(Cc3ccccc3)cn2)c(C(=O)OC)c(C(=O)OC)c1=O. The molecule has 0 bridgehead atoms. The summed E-state index contributed by atoms with van der Waals surface area (Å²) >= 11 is 0. The first-order chi connectivity index (χ1) is 15.4. The number of esters is 3. The molecule has 166 valence electrons. The van der Waals surface area contributed by atoms with Gasteiger partial charge in [-0.1, -0.05) is 30.3 Å². The molecule has 0 fully saturated rings. The van der Waals surface area contributed by atoms with E-state index in [9.17, 15) is 19.2 Å². The van der Waals surface area contributed by atoms with Crippen LogP contribution in [0.3, 0.4) is 0 Å². The van der Waals surface area contributed by atoms with Crippen LogP contribution in [-0.2, 0) is 20.8 Å². The third kappa shape index (κ3) is 4.43. The maximum Gasteiger partial charge on any atom is 0.356 e. The number of hydrogen-bond acceptors (Lipinski definition) is 8. The minimum atomic E-state index is -1.10. The van der Waals surface area contributed by atoms with Gasteiger partial charge in [-0.2, -0.15) is 0 Å². The molecular formula is C22H21N3O7. The van der Waals surface area contributed by atoms with E-state index in [1.54, 1.807) is 17.7 Å². The van der Waals surface area contributed by atoms with Gasteiger partial charge in [0.2, 0.25) is 5.43 Å². The second-order valence-corrected chi connectivity index (χ2v) is 6.56. The van der Waals surface area contributed by atoms with Gasteiger partial charge in [0, 0.05) is 18.9 Å². The van der Waals surface area contributed by atoms with Crippen molar-refractivity contribution in [1.29, 1.82) is 0 Å². The molecule has 0 saturated carbocycles. The average molecular weight is 439 g/mol. The van der Waals surface area contributed by atoms with Crippen LogP contribution in [0.2, 0.25) is 0 Å². The molecule has 0 saturated heterocycles. The van der Waals surface area contributed by atoms with Crippen LogP contribution in [0, 0.1) is 0 Å². The number of methoxy groups -OCH3 is 2. The third-order valence-corrected chi connectivity index (χ3v) is 4.55. The molecule has 10 nitrogen and oxygen atoms in total. The van der Waals surface area contributed by atoms with Crippen molar-refractivity contribution in [1.82, 2.24) is 14.1 Å². The number of carbonyl (C=O) groups excluding carboxylic acids is 3. The van der Waals surface area contributed by atoms with E-state index in [4.69, 9.17) is 9.47 Å². The molecule has 0 radical (unpaired) electrons. The third-order valence-electron chi connectivity index (χ3n) is 4.55. The van der Waals surface area contributed by atoms with Crippen molar-refractivity contribution in [3.05, 3.63) is 81.7 Å². The molecule has 3 aromatic rings. The summed E-state index contributed by atoms with van der Waals surface area (Å²) in [7, 11) is 2.16. The fourth-order valence-electron chi connectivity index (χ4n) is 3.09. The summed E-state index contributed by atoms with van der Waals surface area (Å²) in [6.45, 7) is 2.07. The van der Waals surface area contributed by atoms with Gasteiger partial charge in [-0.15, -0.1) is 0 Å². The first-order valence-corrected chi connectivity index (χ1v) is 9.60. The number of benzene rings is 1. The molecule has 32 heavy (non-hydrogen) atoms. The maximum atomic E-state index is 12.9. The van der Waals surface area contributed by atoms with Crippen molar-refractivity contribution >= 4 is 17.9 Å². The molecule has 2 aromatic heterocycles. The number of imidazole rings is 1. The Balaban J connectivity index is 2.22. The Hall–Kier alpha value is -4.21. The molecule has 0 unspecified atom stereocenters. The lowest BCUT2D eigenvalue weighted by Crippen LogP contribution is -2.32. The maximum absolute atomic E-state index is 12.9. The van der Waals surface area contributed by atoms with Crippen molar-refractivity contribution in [2.24, 2.45) is 0 Å². The van der Waals surface area contributed by atoms with Crippen molar-refractivity contribution in [3.63, 3.8) is 0 Å². The van der Waals surface area contributed by atoms with Gasteiger partial charge in [-0.25, -0.2) is 19.4 Å². The summed E-state index contributed by atoms with van der Waals surface area (Å²) in [6, 6.07) is 9.58. The summed E-state index contributed by atoms with van der Waals surface area (Å²) in [5.41, 5.74) is -1.51. The van der Waals surface area contributed by atoms with Crippen LogP contribution in [0.5, 0.6) is 0 Å². The Morgan fingerprint density at radius 1 is 0.969 bits per heavy atom. The number of ether oxygens (including phenoxy) is 3. The zero-order valence-corrected chi connectivity index (χ0v) is 17.7. The molecule has 1 aromatic carbocycles. The molecule has 3 rings (SSSR count). The largest absolute Gasteiger partial charge is 0.465 e. The highest BCUT2D eigenvalue weighted by Crippen LogP contribution is 2.17. The van der Waals surface area contributed by atoms with Gasteiger partial charge in [-0.3, -0.25) is 9.36 Å². The van der Waals surface area contributed by atoms with E-state index in [1.165, 1.54) is 6.33 Å². The normalized spacial score (nSPS) is 10.5. The van der Waals surface area contributed by atoms with Crippen LogP contribution in [0.15, 0.2) is 53.8 Å². The highest BCUT2D eigenvalue weighted by molar-refractivity contribution is 6.04. The van der Waals surface area contributed by atoms with Crippen LogP contribution >= 0.6 is 0 Å². The number of pyridine rings is 1. The second kappa shape index (κ2) is 9.73. The van der Waals surface area contributed by atoms with Crippen LogP contribution in [-0.4, -0.2) is 52.9 Å². The van der Waals surface area contributed by atoms with Gasteiger partial charge >= 0.3 is 17.9 Å². The van der Waals surface area contributed by atoms with Gasteiger partial charge < -0.3 is 18.8 Å². The van der Waals surface area contributed by atoms with E-state index in [0.717, 1.165) is 30.5 Å². The van der Waals surface area contributed by atoms with Crippen LogP contribution in [0.25, 0.3) is 5.82 Å². The predicted molar refractivity (Wildman–Crippen MR) is 112 cm³/mol. The highest BCUT2D eigenvalue weighted by atomic mass is 16.5. The van der Waals surface area contributed by atoms with Gasteiger partial charge in [0.25, 0.3) is 0 Å². The number of aromatic nitrogens is 3. The molecule has 0 aliphatic heterocycles. The Labute approximate surface area is 183 Å². The summed E-state index contributed by atoms with van der Waals surface area (Å²) in [5.74, 6) is -2.84. The Bertz CT molecular complexity index is 1210. The first-order valence-electron chi connectivity index (χ1n) is 9.60. The van der Waals surface area contributed by atoms with Crippen molar-refractivity contribution in [3.8, 4) is 5.82 Å². The highest BCUT2D eigenvalue weighted by Gasteiger charge is 2.31. The summed E-state index contributed by atoms with van der Waals surface area (Å²) < 4.78 is 17.3. The molecule has 0 spiro atoms. The van der Waals surface area contributed by atoms with Crippen molar-refractivity contribution in [2.75, 3.05) is 20.8 Å². The lowest BCUT2D eigenvalue weighted by Gasteiger charge is -2.15. The lowest BCUT2D eigenvalue weighted by atomic mass is 10.1. The van der Waals surface area contributed by atoms with Gasteiger partial charge in [0.1, 0.15) is 11.1 Å². The Morgan fingerprint density at radius 2 is 1.66 bits per heavy atom. The van der Waals surface area contributed by atoms with E-state index in [1.807, 2.05) is 30.3 Å². The summed E-state index contributed by atoms with van der Waals surface area (Å²) in [4.78, 5) is 54.5. The standard InChI is InChI=1S/C22H21N3O7/c1-4-32-20(27)15-11-25(18(22(29)31-3)17(19(15)26)21(28)30-2)16-12-24(13-23-16)10-14-8-6-5-7-9-14/h5-9,11-13H,4,10H2,1-3H3. The van der Waals surface area contributed by atoms with Crippen LogP contribution < -0.4 is 5.43 Å². The molecule has 0 N–H and O–H groups in total. The molecular weight excluding hydrogens is 418 g/mol. The lowest BCUT2D eigenvalue weighted by molar-refractivity contribution is 0.0515. The molecule has 0 atom stereocenters. The van der Waals surface area contributed by atoms with Gasteiger partial charge in [0.05, 0.1) is 27.2 Å². The number of rotatable bonds is 7. The molecule has 0 aliphatic carbocycles. The van der Waals surface area contributed by atoms with Gasteiger partial charge in [-0.05, 0) is 12.5 Å². The van der Waals surface area contributed by atoms with E-state index in [0.29, 0.717) is 6.54 Å². The zero-order valence-electron chi connectivity index (χ0n) is 17.7. The smallest absolute Gasteiger partial charge is 0.356 e. The van der Waals surface area contributed by atoms with E-state index < -0.39 is 40.2 Å². The fraction of sp³-hybridized carbons (Fsp3) is 0.227. The first kappa shape index (κ1) is 22.5.